The molecule has 1 aliphatic heterocycles. The lowest BCUT2D eigenvalue weighted by molar-refractivity contribution is -0.138. The first-order valence-electron chi connectivity index (χ1n) is 12.5. The Hall–Kier alpha value is -4.59. The standard InChI is InChI=1S/C26H26F3N9O2/c1-14-11-31-7-8-38(14)17-4-6-21(32-12-17)35-22-10-20(33-13-34-22)16-3-5-18(19(9-16)26(27,28)29)15(2)24-36-25(23(30)39)40-37-24/h3-6,9-10,12-15,31H,7-8,11H2,1-2H3,(H2,30,39)(H,32,33,34,35)/t14-,15+/m0/s1. The number of aromatic nitrogens is 5. The highest BCUT2D eigenvalue weighted by atomic mass is 19.4. The number of alkyl halides is 3. The third kappa shape index (κ3) is 5.71. The van der Waals surface area contributed by atoms with E-state index in [9.17, 15) is 18.0 Å². The summed E-state index contributed by atoms with van der Waals surface area (Å²) in [7, 11) is 0. The Balaban J connectivity index is 1.38. The second-order valence-electron chi connectivity index (χ2n) is 9.41. The lowest BCUT2D eigenvalue weighted by Crippen LogP contribution is -2.49. The minimum absolute atomic E-state index is 0.0921. The van der Waals surface area contributed by atoms with Crippen LogP contribution in [-0.2, 0) is 6.18 Å². The molecule has 1 saturated heterocycles. The van der Waals surface area contributed by atoms with Gasteiger partial charge in [0.15, 0.2) is 5.82 Å². The molecule has 0 spiro atoms. The Kier molecular flexibility index (Phi) is 7.34. The first-order chi connectivity index (χ1) is 19.1. The van der Waals surface area contributed by atoms with E-state index in [1.165, 1.54) is 25.4 Å². The summed E-state index contributed by atoms with van der Waals surface area (Å²) in [5, 5.41) is 10.0. The summed E-state index contributed by atoms with van der Waals surface area (Å²) in [5.74, 6) is -1.56. The fraction of sp³-hybridized carbons (Fsp3) is 0.308. The van der Waals surface area contributed by atoms with Crippen molar-refractivity contribution in [1.82, 2.24) is 30.4 Å². The Bertz CT molecular complexity index is 1510. The number of primary amides is 1. The molecule has 3 aromatic heterocycles. The second kappa shape index (κ2) is 10.9. The van der Waals surface area contributed by atoms with Gasteiger partial charge in [-0.2, -0.15) is 18.2 Å². The number of carbonyl (C=O) groups excluding carboxylic acids is 1. The molecule has 0 saturated carbocycles. The van der Waals surface area contributed by atoms with Crippen molar-refractivity contribution >= 4 is 23.2 Å². The van der Waals surface area contributed by atoms with E-state index in [1.54, 1.807) is 12.3 Å². The van der Waals surface area contributed by atoms with Crippen molar-refractivity contribution < 1.29 is 22.5 Å². The van der Waals surface area contributed by atoms with Gasteiger partial charge in [0.25, 0.3) is 0 Å². The summed E-state index contributed by atoms with van der Waals surface area (Å²) < 4.78 is 47.1. The van der Waals surface area contributed by atoms with E-state index in [0.29, 0.717) is 17.7 Å². The Labute approximate surface area is 227 Å². The summed E-state index contributed by atoms with van der Waals surface area (Å²) in [6.07, 6.45) is -1.64. The van der Waals surface area contributed by atoms with Crippen LogP contribution in [0.25, 0.3) is 11.3 Å². The number of nitrogens with two attached hydrogens (primary N) is 1. The number of nitrogens with one attached hydrogen (secondary N) is 2. The zero-order valence-corrected chi connectivity index (χ0v) is 21.6. The molecule has 2 atom stereocenters. The van der Waals surface area contributed by atoms with Gasteiger partial charge in [0, 0.05) is 43.2 Å². The van der Waals surface area contributed by atoms with Crippen LogP contribution in [0, 0.1) is 0 Å². The maximum Gasteiger partial charge on any atom is 0.416 e. The number of rotatable bonds is 7. The van der Waals surface area contributed by atoms with E-state index in [1.807, 2.05) is 12.1 Å². The van der Waals surface area contributed by atoms with Crippen LogP contribution in [0.4, 0.5) is 30.5 Å². The third-order valence-corrected chi connectivity index (χ3v) is 6.66. The molecule has 0 aliphatic carbocycles. The molecule has 1 fully saturated rings. The SMILES string of the molecule is C[C@@H](c1noc(C(N)=O)n1)c1ccc(-c2cc(Nc3ccc(N4CCNC[C@@H]4C)cn3)ncn2)cc1C(F)(F)F. The van der Waals surface area contributed by atoms with Crippen LogP contribution in [0.5, 0.6) is 0 Å². The van der Waals surface area contributed by atoms with E-state index >= 15 is 0 Å². The van der Waals surface area contributed by atoms with Crippen LogP contribution in [0.3, 0.4) is 0 Å². The minimum Gasteiger partial charge on any atom is -0.365 e. The van der Waals surface area contributed by atoms with Gasteiger partial charge < -0.3 is 25.8 Å². The lowest BCUT2D eigenvalue weighted by Gasteiger charge is -2.35. The Morgan fingerprint density at radius 2 is 2.00 bits per heavy atom. The highest BCUT2D eigenvalue weighted by Crippen LogP contribution is 2.39. The molecule has 0 unspecified atom stereocenters. The maximum absolute atomic E-state index is 14.1. The third-order valence-electron chi connectivity index (χ3n) is 6.66. The van der Waals surface area contributed by atoms with E-state index in [2.05, 4.69) is 47.5 Å². The van der Waals surface area contributed by atoms with Gasteiger partial charge in [0.05, 0.1) is 23.1 Å². The fourth-order valence-corrected chi connectivity index (χ4v) is 4.56. The summed E-state index contributed by atoms with van der Waals surface area (Å²) in [6, 6.07) is 9.53. The number of piperazine rings is 1. The summed E-state index contributed by atoms with van der Waals surface area (Å²) >= 11 is 0. The summed E-state index contributed by atoms with van der Waals surface area (Å²) in [5.41, 5.74) is 5.64. The van der Waals surface area contributed by atoms with Crippen LogP contribution in [-0.4, -0.2) is 56.7 Å². The van der Waals surface area contributed by atoms with Gasteiger partial charge in [-0.15, -0.1) is 0 Å². The highest BCUT2D eigenvalue weighted by Gasteiger charge is 2.36. The summed E-state index contributed by atoms with van der Waals surface area (Å²) in [6.45, 7) is 6.30. The molecule has 4 aromatic rings. The molecular weight excluding hydrogens is 527 g/mol. The highest BCUT2D eigenvalue weighted by molar-refractivity contribution is 5.87. The smallest absolute Gasteiger partial charge is 0.365 e. The number of pyridine rings is 1. The number of nitrogens with zero attached hydrogens (tertiary/aromatic N) is 6. The van der Waals surface area contributed by atoms with E-state index < -0.39 is 29.5 Å². The van der Waals surface area contributed by atoms with Crippen molar-refractivity contribution in [2.75, 3.05) is 29.9 Å². The van der Waals surface area contributed by atoms with Gasteiger partial charge in [0.2, 0.25) is 0 Å². The van der Waals surface area contributed by atoms with E-state index in [-0.39, 0.29) is 22.6 Å². The van der Waals surface area contributed by atoms with Crippen molar-refractivity contribution in [2.24, 2.45) is 5.73 Å². The van der Waals surface area contributed by atoms with Crippen molar-refractivity contribution in [3.8, 4) is 11.3 Å². The average molecular weight is 554 g/mol. The number of halogens is 3. The first-order valence-corrected chi connectivity index (χ1v) is 12.5. The topological polar surface area (TPSA) is 148 Å². The number of hydrogen-bond donors (Lipinski definition) is 3. The molecule has 1 amide bonds. The van der Waals surface area contributed by atoms with Crippen LogP contribution in [0.1, 0.15) is 47.4 Å². The van der Waals surface area contributed by atoms with Gasteiger partial charge in [-0.1, -0.05) is 24.2 Å². The predicted octanol–water partition coefficient (Wildman–Crippen LogP) is 3.73. The predicted molar refractivity (Wildman–Crippen MR) is 140 cm³/mol. The molecule has 5 rings (SSSR count). The minimum atomic E-state index is -4.68. The van der Waals surface area contributed by atoms with Gasteiger partial charge in [-0.25, -0.2) is 15.0 Å². The van der Waals surface area contributed by atoms with Crippen molar-refractivity contribution in [2.45, 2.75) is 32.0 Å². The van der Waals surface area contributed by atoms with Crippen LogP contribution >= 0.6 is 0 Å². The molecule has 0 bridgehead atoms. The van der Waals surface area contributed by atoms with Crippen molar-refractivity contribution in [3.05, 3.63) is 71.8 Å². The number of hydrogen-bond acceptors (Lipinski definition) is 10. The van der Waals surface area contributed by atoms with Crippen molar-refractivity contribution in [1.29, 1.82) is 0 Å². The molecule has 14 heteroatoms. The second-order valence-corrected chi connectivity index (χ2v) is 9.41. The molecule has 4 heterocycles. The average Bonchev–Trinajstić information content (AvgIpc) is 3.44. The van der Waals surface area contributed by atoms with Gasteiger partial charge >= 0.3 is 18.0 Å². The number of amides is 1. The fourth-order valence-electron chi connectivity index (χ4n) is 4.56. The number of benzene rings is 1. The number of anilines is 3. The van der Waals surface area contributed by atoms with Crippen LogP contribution in [0.2, 0.25) is 0 Å². The largest absolute Gasteiger partial charge is 0.416 e. The molecule has 4 N–H and O–H groups in total. The van der Waals surface area contributed by atoms with Gasteiger partial charge in [-0.3, -0.25) is 4.79 Å². The molecule has 0 radical (unpaired) electrons. The molecule has 208 valence electrons. The quantitative estimate of drug-likeness (QED) is 0.309. The first kappa shape index (κ1) is 27.0. The lowest BCUT2D eigenvalue weighted by atomic mass is 9.92. The normalized spacial score (nSPS) is 16.5. The Morgan fingerprint density at radius 3 is 2.67 bits per heavy atom. The molecule has 1 aromatic carbocycles. The Morgan fingerprint density at radius 1 is 1.18 bits per heavy atom. The zero-order valence-electron chi connectivity index (χ0n) is 21.6. The number of carbonyl (C=O) groups is 1. The zero-order chi connectivity index (χ0) is 28.4. The van der Waals surface area contributed by atoms with Gasteiger partial charge in [-0.05, 0) is 30.7 Å². The summed E-state index contributed by atoms with van der Waals surface area (Å²) in [4.78, 5) is 30.2. The maximum atomic E-state index is 14.1. The molecule has 40 heavy (non-hydrogen) atoms. The molecule has 11 nitrogen and oxygen atoms in total. The monoisotopic (exact) mass is 553 g/mol. The van der Waals surface area contributed by atoms with Crippen LogP contribution < -0.4 is 21.3 Å². The van der Waals surface area contributed by atoms with Gasteiger partial charge in [0.1, 0.15) is 18.0 Å². The van der Waals surface area contributed by atoms with Crippen molar-refractivity contribution in [3.63, 3.8) is 0 Å². The van der Waals surface area contributed by atoms with E-state index in [0.717, 1.165) is 31.4 Å². The molecule has 1 aliphatic rings. The molecular formula is C26H26F3N9O2. The van der Waals surface area contributed by atoms with Crippen LogP contribution in [0.15, 0.2) is 53.4 Å². The van der Waals surface area contributed by atoms with E-state index in [4.69, 9.17) is 10.3 Å².